The molecule has 0 atom stereocenters. The lowest BCUT2D eigenvalue weighted by Gasteiger charge is -2.11. The molecule has 0 radical (unpaired) electrons. The number of aromatic nitrogens is 1. The number of rotatable bonds is 4. The molecule has 0 unspecified atom stereocenters. The highest BCUT2D eigenvalue weighted by molar-refractivity contribution is 6.15. The Hall–Kier alpha value is -3.35. The second kappa shape index (κ2) is 6.87. The fourth-order valence-corrected chi connectivity index (χ4v) is 2.86. The molecule has 1 N–H and O–H groups in total. The van der Waals surface area contributed by atoms with Crippen LogP contribution in [0.4, 0.5) is 4.79 Å². The Bertz CT molecular complexity index is 927. The Labute approximate surface area is 150 Å². The number of carbonyl (C=O) groups excluding carboxylic acids is 3. The van der Waals surface area contributed by atoms with E-state index in [1.807, 2.05) is 48.9 Å². The molecule has 1 aliphatic rings. The van der Waals surface area contributed by atoms with Gasteiger partial charge in [-0.05, 0) is 43.7 Å². The summed E-state index contributed by atoms with van der Waals surface area (Å²) in [6, 6.07) is 9.16. The lowest BCUT2D eigenvalue weighted by Crippen LogP contribution is -2.36. The van der Waals surface area contributed by atoms with Crippen LogP contribution < -0.4 is 5.32 Å². The molecule has 1 fully saturated rings. The van der Waals surface area contributed by atoms with Crippen LogP contribution in [0, 0.1) is 13.8 Å². The predicted molar refractivity (Wildman–Crippen MR) is 95.5 cm³/mol. The number of nitrogens with one attached hydrogen (secondary N) is 1. The van der Waals surface area contributed by atoms with Crippen LogP contribution >= 0.6 is 0 Å². The first-order valence-corrected chi connectivity index (χ1v) is 8.07. The molecule has 0 spiro atoms. The van der Waals surface area contributed by atoms with Crippen molar-refractivity contribution in [3.8, 4) is 5.69 Å². The van der Waals surface area contributed by atoms with Gasteiger partial charge in [0.2, 0.25) is 0 Å². The first-order valence-electron chi connectivity index (χ1n) is 8.07. The number of carbonyl (C=O) groups is 3. The molecule has 2 aromatic rings. The predicted octanol–water partition coefficient (Wildman–Crippen LogP) is 2.16. The number of ether oxygens (including phenoxy) is 1. The SMILES string of the molecule is COC(=O)CN1C(=O)N/C(=C/c2cccn2-c2ccc(C)cc2C)C1=O. The largest absolute Gasteiger partial charge is 0.468 e. The Morgan fingerprint density at radius 2 is 2.00 bits per heavy atom. The lowest BCUT2D eigenvalue weighted by molar-refractivity contribution is -0.143. The van der Waals surface area contributed by atoms with E-state index in [0.717, 1.165) is 27.4 Å². The molecule has 1 aliphatic heterocycles. The summed E-state index contributed by atoms with van der Waals surface area (Å²) in [5.41, 5.74) is 4.09. The third kappa shape index (κ3) is 3.23. The smallest absolute Gasteiger partial charge is 0.329 e. The van der Waals surface area contributed by atoms with Gasteiger partial charge in [-0.2, -0.15) is 0 Å². The van der Waals surface area contributed by atoms with Crippen LogP contribution in [0.15, 0.2) is 42.2 Å². The minimum atomic E-state index is -0.659. The zero-order valence-electron chi connectivity index (χ0n) is 14.8. The van der Waals surface area contributed by atoms with E-state index in [0.29, 0.717) is 0 Å². The third-order valence-electron chi connectivity index (χ3n) is 4.16. The first kappa shape index (κ1) is 17.5. The fourth-order valence-electron chi connectivity index (χ4n) is 2.86. The number of esters is 1. The molecule has 1 saturated heterocycles. The van der Waals surface area contributed by atoms with Gasteiger partial charge in [0.25, 0.3) is 5.91 Å². The van der Waals surface area contributed by atoms with Gasteiger partial charge < -0.3 is 14.6 Å². The third-order valence-corrected chi connectivity index (χ3v) is 4.16. The van der Waals surface area contributed by atoms with E-state index in [2.05, 4.69) is 16.1 Å². The van der Waals surface area contributed by atoms with Gasteiger partial charge in [-0.15, -0.1) is 0 Å². The van der Waals surface area contributed by atoms with Crippen LogP contribution in [0.25, 0.3) is 11.8 Å². The molecule has 26 heavy (non-hydrogen) atoms. The molecule has 3 amide bonds. The summed E-state index contributed by atoms with van der Waals surface area (Å²) in [4.78, 5) is 36.6. The van der Waals surface area contributed by atoms with E-state index in [4.69, 9.17) is 0 Å². The molecule has 0 saturated carbocycles. The molecule has 1 aromatic heterocycles. The van der Waals surface area contributed by atoms with Crippen molar-refractivity contribution in [3.63, 3.8) is 0 Å². The van der Waals surface area contributed by atoms with Crippen LogP contribution in [0.1, 0.15) is 16.8 Å². The summed E-state index contributed by atoms with van der Waals surface area (Å²) in [7, 11) is 1.20. The van der Waals surface area contributed by atoms with Crippen LogP contribution in [0.3, 0.4) is 0 Å². The van der Waals surface area contributed by atoms with E-state index in [-0.39, 0.29) is 5.70 Å². The number of urea groups is 1. The Morgan fingerprint density at radius 1 is 1.23 bits per heavy atom. The summed E-state index contributed by atoms with van der Waals surface area (Å²) < 4.78 is 6.45. The van der Waals surface area contributed by atoms with Gasteiger partial charge in [-0.1, -0.05) is 17.7 Å². The molecule has 2 heterocycles. The normalized spacial score (nSPS) is 15.5. The van der Waals surface area contributed by atoms with E-state index in [9.17, 15) is 14.4 Å². The van der Waals surface area contributed by atoms with Crippen LogP contribution in [-0.4, -0.2) is 41.0 Å². The summed E-state index contributed by atoms with van der Waals surface area (Å²) >= 11 is 0. The van der Waals surface area contributed by atoms with Gasteiger partial charge in [-0.25, -0.2) is 9.69 Å². The van der Waals surface area contributed by atoms with Gasteiger partial charge in [0, 0.05) is 17.6 Å². The van der Waals surface area contributed by atoms with E-state index >= 15 is 0 Å². The number of amides is 3. The highest BCUT2D eigenvalue weighted by atomic mass is 16.5. The van der Waals surface area contributed by atoms with E-state index in [1.54, 1.807) is 6.08 Å². The number of methoxy groups -OCH3 is 1. The van der Waals surface area contributed by atoms with Gasteiger partial charge in [0.05, 0.1) is 7.11 Å². The van der Waals surface area contributed by atoms with Gasteiger partial charge >= 0.3 is 12.0 Å². The van der Waals surface area contributed by atoms with Crippen LogP contribution in [0.5, 0.6) is 0 Å². The minimum Gasteiger partial charge on any atom is -0.468 e. The highest BCUT2D eigenvalue weighted by Gasteiger charge is 2.35. The number of benzene rings is 1. The van der Waals surface area contributed by atoms with Crippen molar-refractivity contribution in [2.45, 2.75) is 13.8 Å². The molecule has 7 nitrogen and oxygen atoms in total. The Kier molecular flexibility index (Phi) is 4.62. The van der Waals surface area contributed by atoms with Gasteiger partial charge in [0.15, 0.2) is 0 Å². The molecule has 0 bridgehead atoms. The minimum absolute atomic E-state index is 0.114. The van der Waals surface area contributed by atoms with E-state index < -0.39 is 24.5 Å². The molecular weight excluding hydrogens is 334 g/mol. The number of hydrogen-bond donors (Lipinski definition) is 1. The first-order chi connectivity index (χ1) is 12.4. The summed E-state index contributed by atoms with van der Waals surface area (Å²) in [5.74, 6) is -1.22. The second-order valence-corrected chi connectivity index (χ2v) is 6.05. The average molecular weight is 353 g/mol. The van der Waals surface area contributed by atoms with Crippen LogP contribution in [-0.2, 0) is 14.3 Å². The topological polar surface area (TPSA) is 80.6 Å². The molecule has 3 rings (SSSR count). The maximum absolute atomic E-state index is 12.4. The maximum atomic E-state index is 12.4. The van der Waals surface area contributed by atoms with Crippen molar-refractivity contribution >= 4 is 24.0 Å². The van der Waals surface area contributed by atoms with Crippen molar-refractivity contribution in [3.05, 3.63) is 59.0 Å². The van der Waals surface area contributed by atoms with Gasteiger partial charge in [-0.3, -0.25) is 9.59 Å². The van der Waals surface area contributed by atoms with Crippen molar-refractivity contribution < 1.29 is 19.1 Å². The Morgan fingerprint density at radius 3 is 2.69 bits per heavy atom. The molecular formula is C19H19N3O4. The molecule has 7 heteroatoms. The van der Waals surface area contributed by atoms with Crippen molar-refractivity contribution in [1.29, 1.82) is 0 Å². The van der Waals surface area contributed by atoms with Crippen molar-refractivity contribution in [2.24, 2.45) is 0 Å². The Balaban J connectivity index is 1.92. The second-order valence-electron chi connectivity index (χ2n) is 6.05. The highest BCUT2D eigenvalue weighted by Crippen LogP contribution is 2.21. The fraction of sp³-hybridized carbons (Fsp3) is 0.211. The quantitative estimate of drug-likeness (QED) is 0.519. The number of aryl methyl sites for hydroxylation is 2. The molecule has 134 valence electrons. The lowest BCUT2D eigenvalue weighted by atomic mass is 10.1. The van der Waals surface area contributed by atoms with Crippen LogP contribution in [0.2, 0.25) is 0 Å². The maximum Gasteiger partial charge on any atom is 0.329 e. The zero-order valence-corrected chi connectivity index (χ0v) is 14.8. The molecule has 0 aliphatic carbocycles. The summed E-state index contributed by atoms with van der Waals surface area (Å²) in [6.45, 7) is 3.62. The zero-order chi connectivity index (χ0) is 18.8. The van der Waals surface area contributed by atoms with Crippen molar-refractivity contribution in [2.75, 3.05) is 13.7 Å². The number of hydrogen-bond acceptors (Lipinski definition) is 4. The van der Waals surface area contributed by atoms with E-state index in [1.165, 1.54) is 7.11 Å². The number of nitrogens with zero attached hydrogens (tertiary/aromatic N) is 2. The number of imide groups is 1. The van der Waals surface area contributed by atoms with Gasteiger partial charge in [0.1, 0.15) is 12.2 Å². The average Bonchev–Trinajstić information content (AvgIpc) is 3.15. The summed E-state index contributed by atoms with van der Waals surface area (Å²) in [6.07, 6.45) is 3.48. The molecule has 1 aromatic carbocycles. The summed E-state index contributed by atoms with van der Waals surface area (Å²) in [5, 5.41) is 2.50. The monoisotopic (exact) mass is 353 g/mol. The van der Waals surface area contributed by atoms with Crippen molar-refractivity contribution in [1.82, 2.24) is 14.8 Å². The standard InChI is InChI=1S/C19H19N3O4/c1-12-6-7-16(13(2)9-12)21-8-4-5-14(21)10-15-18(24)22(19(25)20-15)11-17(23)26-3/h4-10H,11H2,1-3H3,(H,20,25)/b15-10+.